The van der Waals surface area contributed by atoms with Gasteiger partial charge in [0.25, 0.3) is 0 Å². The van der Waals surface area contributed by atoms with Crippen LogP contribution in [0, 0.1) is 6.92 Å². The Kier molecular flexibility index (Phi) is 6.32. The molecule has 4 nitrogen and oxygen atoms in total. The molecule has 0 bridgehead atoms. The first kappa shape index (κ1) is 19.3. The summed E-state index contributed by atoms with van der Waals surface area (Å²) in [5, 5.41) is 3.50. The Morgan fingerprint density at radius 1 is 0.931 bits per heavy atom. The van der Waals surface area contributed by atoms with E-state index in [0.717, 1.165) is 44.3 Å². The molecule has 1 fully saturated rings. The van der Waals surface area contributed by atoms with Gasteiger partial charge in [-0.2, -0.15) is 0 Å². The van der Waals surface area contributed by atoms with Gasteiger partial charge in [0.1, 0.15) is 12.4 Å². The van der Waals surface area contributed by atoms with Crippen molar-refractivity contribution >= 4 is 11.4 Å². The first-order chi connectivity index (χ1) is 14.3. The molecule has 0 amide bonds. The fraction of sp³-hybridized carbons (Fsp3) is 0.280. The van der Waals surface area contributed by atoms with Crippen molar-refractivity contribution in [3.63, 3.8) is 0 Å². The zero-order valence-electron chi connectivity index (χ0n) is 16.9. The van der Waals surface area contributed by atoms with Crippen LogP contribution in [0.3, 0.4) is 0 Å². The first-order valence-corrected chi connectivity index (χ1v) is 10.2. The number of nitrogens with zero attached hydrogens (tertiary/aromatic N) is 1. The second kappa shape index (κ2) is 9.48. The molecule has 0 atom stereocenters. The van der Waals surface area contributed by atoms with Crippen LogP contribution in [0.1, 0.15) is 16.7 Å². The summed E-state index contributed by atoms with van der Waals surface area (Å²) < 4.78 is 11.4. The van der Waals surface area contributed by atoms with E-state index in [2.05, 4.69) is 77.8 Å². The maximum atomic E-state index is 6.00. The van der Waals surface area contributed by atoms with Crippen molar-refractivity contribution in [2.45, 2.75) is 20.1 Å². The quantitative estimate of drug-likeness (QED) is 0.616. The summed E-state index contributed by atoms with van der Waals surface area (Å²) in [5.41, 5.74) is 6.05. The Bertz CT molecular complexity index is 918. The molecular formula is C25H28N2O2. The number of nitrogens with one attached hydrogen (secondary N) is 1. The molecule has 0 unspecified atom stereocenters. The van der Waals surface area contributed by atoms with Gasteiger partial charge in [-0.1, -0.05) is 36.4 Å². The normalized spacial score (nSPS) is 13.9. The number of benzene rings is 3. The molecule has 3 aromatic rings. The molecule has 3 aromatic carbocycles. The van der Waals surface area contributed by atoms with Crippen molar-refractivity contribution in [3.05, 3.63) is 89.5 Å². The van der Waals surface area contributed by atoms with Crippen LogP contribution in [0.15, 0.2) is 72.8 Å². The summed E-state index contributed by atoms with van der Waals surface area (Å²) in [6.07, 6.45) is 0. The maximum absolute atomic E-state index is 6.00. The number of ether oxygens (including phenoxy) is 2. The average molecular weight is 389 g/mol. The van der Waals surface area contributed by atoms with Crippen molar-refractivity contribution < 1.29 is 9.47 Å². The number of anilines is 2. The van der Waals surface area contributed by atoms with Gasteiger partial charge in [-0.15, -0.1) is 0 Å². The number of rotatable bonds is 7. The minimum absolute atomic E-state index is 0.590. The summed E-state index contributed by atoms with van der Waals surface area (Å²) in [6, 6.07) is 25.3. The highest BCUT2D eigenvalue weighted by Gasteiger charge is 2.10. The predicted octanol–water partition coefficient (Wildman–Crippen LogP) is 5.02. The molecule has 4 heteroatoms. The minimum atomic E-state index is 0.590. The molecule has 0 aliphatic carbocycles. The standard InChI is InChI=1S/C25H28N2O2/c1-20-5-2-3-7-22(20)19-29-25-8-4-6-21(17-25)18-26-23-9-11-24(12-10-23)27-13-15-28-16-14-27/h2-12,17,26H,13-16,18-19H2,1H3. The van der Waals surface area contributed by atoms with Gasteiger partial charge in [0.15, 0.2) is 0 Å². The fourth-order valence-electron chi connectivity index (χ4n) is 3.49. The Balaban J connectivity index is 1.31. The van der Waals surface area contributed by atoms with Gasteiger partial charge in [-0.25, -0.2) is 0 Å². The van der Waals surface area contributed by atoms with Crippen LogP contribution >= 0.6 is 0 Å². The van der Waals surface area contributed by atoms with E-state index in [9.17, 15) is 0 Å². The molecule has 1 N–H and O–H groups in total. The summed E-state index contributed by atoms with van der Waals surface area (Å²) in [6.45, 7) is 7.00. The summed E-state index contributed by atoms with van der Waals surface area (Å²) in [7, 11) is 0. The monoisotopic (exact) mass is 388 g/mol. The van der Waals surface area contributed by atoms with Gasteiger partial charge in [0, 0.05) is 31.0 Å². The molecule has 29 heavy (non-hydrogen) atoms. The largest absolute Gasteiger partial charge is 0.489 e. The van der Waals surface area contributed by atoms with E-state index < -0.39 is 0 Å². The van der Waals surface area contributed by atoms with Crippen molar-refractivity contribution in [1.82, 2.24) is 0 Å². The summed E-state index contributed by atoms with van der Waals surface area (Å²) in [4.78, 5) is 2.36. The van der Waals surface area contributed by atoms with Crippen LogP contribution in [-0.2, 0) is 17.9 Å². The summed E-state index contributed by atoms with van der Waals surface area (Å²) in [5.74, 6) is 0.898. The molecule has 0 spiro atoms. The molecule has 4 rings (SSSR count). The molecule has 1 saturated heterocycles. The lowest BCUT2D eigenvalue weighted by atomic mass is 10.1. The SMILES string of the molecule is Cc1ccccc1COc1cccc(CNc2ccc(N3CCOCC3)cc2)c1. The lowest BCUT2D eigenvalue weighted by Gasteiger charge is -2.28. The first-order valence-electron chi connectivity index (χ1n) is 10.2. The number of morpholine rings is 1. The van der Waals surface area contributed by atoms with Crippen molar-refractivity contribution in [2.24, 2.45) is 0 Å². The predicted molar refractivity (Wildman–Crippen MR) is 119 cm³/mol. The van der Waals surface area contributed by atoms with Crippen LogP contribution in [0.2, 0.25) is 0 Å². The van der Waals surface area contributed by atoms with E-state index in [4.69, 9.17) is 9.47 Å². The van der Waals surface area contributed by atoms with Gasteiger partial charge in [-0.05, 0) is 60.0 Å². The third kappa shape index (κ3) is 5.30. The fourth-order valence-corrected chi connectivity index (χ4v) is 3.49. The molecular weight excluding hydrogens is 360 g/mol. The van der Waals surface area contributed by atoms with E-state index in [-0.39, 0.29) is 0 Å². The molecule has 150 valence electrons. The second-order valence-corrected chi connectivity index (χ2v) is 7.36. The van der Waals surface area contributed by atoms with E-state index >= 15 is 0 Å². The van der Waals surface area contributed by atoms with Crippen molar-refractivity contribution in [3.8, 4) is 5.75 Å². The highest BCUT2D eigenvalue weighted by atomic mass is 16.5. The molecule has 1 aliphatic rings. The van der Waals surface area contributed by atoms with Crippen LogP contribution in [0.4, 0.5) is 11.4 Å². The zero-order chi connectivity index (χ0) is 19.9. The van der Waals surface area contributed by atoms with Crippen molar-refractivity contribution in [2.75, 3.05) is 36.5 Å². The maximum Gasteiger partial charge on any atom is 0.120 e. The average Bonchev–Trinajstić information content (AvgIpc) is 2.78. The topological polar surface area (TPSA) is 33.7 Å². The smallest absolute Gasteiger partial charge is 0.120 e. The van der Waals surface area contributed by atoms with E-state index in [0.29, 0.717) is 6.61 Å². The third-order valence-corrected chi connectivity index (χ3v) is 5.29. The van der Waals surface area contributed by atoms with Crippen LogP contribution in [-0.4, -0.2) is 26.3 Å². The highest BCUT2D eigenvalue weighted by Crippen LogP contribution is 2.21. The van der Waals surface area contributed by atoms with Gasteiger partial charge < -0.3 is 19.7 Å². The number of aryl methyl sites for hydroxylation is 1. The molecule has 0 aromatic heterocycles. The van der Waals surface area contributed by atoms with Gasteiger partial charge >= 0.3 is 0 Å². The third-order valence-electron chi connectivity index (χ3n) is 5.29. The zero-order valence-corrected chi connectivity index (χ0v) is 16.9. The van der Waals surface area contributed by atoms with E-state index in [1.807, 2.05) is 12.1 Å². The Labute approximate surface area is 173 Å². The minimum Gasteiger partial charge on any atom is -0.489 e. The highest BCUT2D eigenvalue weighted by molar-refractivity contribution is 5.55. The number of hydrogen-bond acceptors (Lipinski definition) is 4. The van der Waals surface area contributed by atoms with Gasteiger partial charge in [0.2, 0.25) is 0 Å². The molecule has 0 radical (unpaired) electrons. The molecule has 0 saturated carbocycles. The van der Waals surface area contributed by atoms with Crippen molar-refractivity contribution in [1.29, 1.82) is 0 Å². The van der Waals surface area contributed by atoms with E-state index in [1.54, 1.807) is 0 Å². The van der Waals surface area contributed by atoms with Gasteiger partial charge in [-0.3, -0.25) is 0 Å². The second-order valence-electron chi connectivity index (χ2n) is 7.36. The van der Waals surface area contributed by atoms with Crippen LogP contribution < -0.4 is 15.0 Å². The molecule has 1 heterocycles. The Morgan fingerprint density at radius 3 is 2.52 bits per heavy atom. The van der Waals surface area contributed by atoms with Crippen LogP contribution in [0.25, 0.3) is 0 Å². The summed E-state index contributed by atoms with van der Waals surface area (Å²) >= 11 is 0. The lowest BCUT2D eigenvalue weighted by molar-refractivity contribution is 0.122. The van der Waals surface area contributed by atoms with Crippen LogP contribution in [0.5, 0.6) is 5.75 Å². The Morgan fingerprint density at radius 2 is 1.72 bits per heavy atom. The molecule has 1 aliphatic heterocycles. The number of hydrogen-bond donors (Lipinski definition) is 1. The van der Waals surface area contributed by atoms with Gasteiger partial charge in [0.05, 0.1) is 13.2 Å². The van der Waals surface area contributed by atoms with E-state index in [1.165, 1.54) is 22.4 Å². The Hall–Kier alpha value is -2.98. The lowest BCUT2D eigenvalue weighted by Crippen LogP contribution is -2.36.